The number of nitrogens with one attached hydrogen (secondary N) is 1. The fourth-order valence-corrected chi connectivity index (χ4v) is 5.31. The van der Waals surface area contributed by atoms with Crippen molar-refractivity contribution in [3.8, 4) is 5.69 Å². The average molecular weight is 493 g/mol. The van der Waals surface area contributed by atoms with Gasteiger partial charge in [-0.15, -0.1) is 0 Å². The van der Waals surface area contributed by atoms with Gasteiger partial charge >= 0.3 is 0 Å². The zero-order valence-electron chi connectivity index (χ0n) is 18.2. The summed E-state index contributed by atoms with van der Waals surface area (Å²) in [5, 5.41) is 5.57. The standard InChI is InChI=1S/C26H22Cl2N4S/c1-16-14-22(17(2)31(16)21-7-5-6-19(28)15-21)25-24(23-8-3-4-13-29-23)30-26(33)32(25)20-11-9-18(27)10-12-20/h3-15,24-25H,1-2H3,(H,30,33)/t24-,25-/m0/s1. The first-order valence-electron chi connectivity index (χ1n) is 10.6. The molecule has 1 fully saturated rings. The first-order chi connectivity index (χ1) is 15.9. The summed E-state index contributed by atoms with van der Waals surface area (Å²) in [6.07, 6.45) is 1.82. The van der Waals surface area contributed by atoms with Crippen LogP contribution in [0.15, 0.2) is 79.0 Å². The minimum Gasteiger partial charge on any atom is -0.351 e. The molecule has 4 nitrogen and oxygen atoms in total. The molecule has 0 amide bonds. The van der Waals surface area contributed by atoms with E-state index in [0.717, 1.165) is 28.5 Å². The second-order valence-corrected chi connectivity index (χ2v) is 9.37. The van der Waals surface area contributed by atoms with Crippen molar-refractivity contribution < 1.29 is 0 Å². The topological polar surface area (TPSA) is 33.1 Å². The van der Waals surface area contributed by atoms with E-state index in [1.807, 2.05) is 66.9 Å². The van der Waals surface area contributed by atoms with Crippen LogP contribution in [0, 0.1) is 13.8 Å². The number of aromatic nitrogens is 2. The van der Waals surface area contributed by atoms with Crippen LogP contribution in [-0.4, -0.2) is 14.7 Å². The van der Waals surface area contributed by atoms with Crippen molar-refractivity contribution in [3.63, 3.8) is 0 Å². The summed E-state index contributed by atoms with van der Waals surface area (Å²) in [5.74, 6) is 0. The molecule has 0 radical (unpaired) electrons. The zero-order chi connectivity index (χ0) is 23.1. The molecule has 5 rings (SSSR count). The van der Waals surface area contributed by atoms with Gasteiger partial charge in [0.05, 0.1) is 17.8 Å². The number of hydrogen-bond donors (Lipinski definition) is 1. The number of hydrogen-bond acceptors (Lipinski definition) is 2. The van der Waals surface area contributed by atoms with Crippen molar-refractivity contribution in [2.75, 3.05) is 4.90 Å². The summed E-state index contributed by atoms with van der Waals surface area (Å²) in [7, 11) is 0. The molecule has 1 saturated heterocycles. The fourth-order valence-electron chi connectivity index (χ4n) is 4.65. The zero-order valence-corrected chi connectivity index (χ0v) is 20.5. The molecule has 2 aromatic heterocycles. The van der Waals surface area contributed by atoms with Crippen LogP contribution in [0.3, 0.4) is 0 Å². The van der Waals surface area contributed by atoms with Crippen LogP contribution in [-0.2, 0) is 0 Å². The molecule has 33 heavy (non-hydrogen) atoms. The summed E-state index contributed by atoms with van der Waals surface area (Å²) < 4.78 is 2.23. The van der Waals surface area contributed by atoms with Crippen LogP contribution in [0.25, 0.3) is 5.69 Å². The van der Waals surface area contributed by atoms with Crippen molar-refractivity contribution in [3.05, 3.63) is 112 Å². The Hall–Kier alpha value is -2.86. The predicted molar refractivity (Wildman–Crippen MR) is 140 cm³/mol. The van der Waals surface area contributed by atoms with Crippen LogP contribution in [0.5, 0.6) is 0 Å². The molecular formula is C26H22Cl2N4S. The van der Waals surface area contributed by atoms with Gasteiger partial charge in [0.25, 0.3) is 0 Å². The van der Waals surface area contributed by atoms with Crippen LogP contribution in [0.4, 0.5) is 5.69 Å². The van der Waals surface area contributed by atoms with E-state index in [2.05, 4.69) is 45.7 Å². The molecule has 7 heteroatoms. The smallest absolute Gasteiger partial charge is 0.174 e. The summed E-state index contributed by atoms with van der Waals surface area (Å²) in [5.41, 5.74) is 6.38. The molecule has 4 aromatic rings. The molecule has 1 aliphatic heterocycles. The summed E-state index contributed by atoms with van der Waals surface area (Å²) >= 11 is 18.3. The lowest BCUT2D eigenvalue weighted by Crippen LogP contribution is -2.29. The molecule has 0 bridgehead atoms. The first kappa shape index (κ1) is 22.0. The van der Waals surface area contributed by atoms with Gasteiger partial charge in [-0.05, 0) is 92.3 Å². The first-order valence-corrected chi connectivity index (χ1v) is 11.8. The fraction of sp³-hybridized carbons (Fsp3) is 0.154. The van der Waals surface area contributed by atoms with Gasteiger partial charge in [0.1, 0.15) is 0 Å². The predicted octanol–water partition coefficient (Wildman–Crippen LogP) is 6.97. The molecule has 1 aliphatic rings. The molecule has 2 atom stereocenters. The summed E-state index contributed by atoms with van der Waals surface area (Å²) in [6.45, 7) is 4.25. The Balaban J connectivity index is 1.68. The van der Waals surface area contributed by atoms with Crippen molar-refractivity contribution in [1.29, 1.82) is 0 Å². The lowest BCUT2D eigenvalue weighted by Gasteiger charge is -2.28. The quantitative estimate of drug-likeness (QED) is 0.311. The van der Waals surface area contributed by atoms with Crippen LogP contribution >= 0.6 is 35.4 Å². The highest BCUT2D eigenvalue weighted by Crippen LogP contribution is 2.43. The van der Waals surface area contributed by atoms with E-state index in [1.165, 1.54) is 5.56 Å². The van der Waals surface area contributed by atoms with E-state index in [1.54, 1.807) is 0 Å². The van der Waals surface area contributed by atoms with Crippen molar-refractivity contribution in [2.24, 2.45) is 0 Å². The second kappa shape index (κ2) is 8.82. The summed E-state index contributed by atoms with van der Waals surface area (Å²) in [4.78, 5) is 6.81. The molecule has 2 aromatic carbocycles. The normalized spacial score (nSPS) is 17.9. The van der Waals surface area contributed by atoms with Gasteiger partial charge < -0.3 is 14.8 Å². The van der Waals surface area contributed by atoms with Crippen molar-refractivity contribution in [2.45, 2.75) is 25.9 Å². The largest absolute Gasteiger partial charge is 0.351 e. The van der Waals surface area contributed by atoms with Gasteiger partial charge in [0, 0.05) is 39.0 Å². The highest BCUT2D eigenvalue weighted by Gasteiger charge is 2.42. The molecular weight excluding hydrogens is 471 g/mol. The van der Waals surface area contributed by atoms with E-state index < -0.39 is 0 Å². The maximum absolute atomic E-state index is 6.30. The van der Waals surface area contributed by atoms with Crippen LogP contribution < -0.4 is 10.2 Å². The Morgan fingerprint density at radius 1 is 0.879 bits per heavy atom. The second-order valence-electron chi connectivity index (χ2n) is 8.11. The number of aryl methyl sites for hydroxylation is 1. The minimum absolute atomic E-state index is 0.0901. The molecule has 0 aliphatic carbocycles. The monoisotopic (exact) mass is 492 g/mol. The number of pyridine rings is 1. The van der Waals surface area contributed by atoms with Gasteiger partial charge in [-0.1, -0.05) is 35.3 Å². The van der Waals surface area contributed by atoms with E-state index >= 15 is 0 Å². The third-order valence-electron chi connectivity index (χ3n) is 6.06. The third-order valence-corrected chi connectivity index (χ3v) is 6.86. The maximum Gasteiger partial charge on any atom is 0.174 e. The number of anilines is 1. The summed E-state index contributed by atoms with van der Waals surface area (Å²) in [6, 6.07) is 23.7. The Morgan fingerprint density at radius 2 is 1.67 bits per heavy atom. The van der Waals surface area contributed by atoms with E-state index in [0.29, 0.717) is 15.2 Å². The molecule has 1 N–H and O–H groups in total. The van der Waals surface area contributed by atoms with Gasteiger partial charge in [0.15, 0.2) is 5.11 Å². The maximum atomic E-state index is 6.30. The molecule has 3 heterocycles. The Labute approximate surface area is 208 Å². The van der Waals surface area contributed by atoms with Gasteiger partial charge in [0.2, 0.25) is 0 Å². The van der Waals surface area contributed by atoms with E-state index in [9.17, 15) is 0 Å². The Kier molecular flexibility index (Phi) is 5.87. The molecule has 0 spiro atoms. The van der Waals surface area contributed by atoms with Gasteiger partial charge in [-0.25, -0.2) is 0 Å². The van der Waals surface area contributed by atoms with Gasteiger partial charge in [-0.3, -0.25) is 4.98 Å². The lowest BCUT2D eigenvalue weighted by atomic mass is 9.96. The molecule has 0 saturated carbocycles. The van der Waals surface area contributed by atoms with E-state index in [4.69, 9.17) is 35.4 Å². The third kappa shape index (κ3) is 4.01. The molecule has 0 unspecified atom stereocenters. The highest BCUT2D eigenvalue weighted by molar-refractivity contribution is 7.80. The molecule has 166 valence electrons. The number of rotatable bonds is 4. The van der Waals surface area contributed by atoms with Gasteiger partial charge in [-0.2, -0.15) is 0 Å². The number of benzene rings is 2. The Bertz CT molecular complexity index is 1320. The van der Waals surface area contributed by atoms with Crippen LogP contribution in [0.2, 0.25) is 10.0 Å². The van der Waals surface area contributed by atoms with Crippen molar-refractivity contribution in [1.82, 2.24) is 14.9 Å². The van der Waals surface area contributed by atoms with E-state index in [-0.39, 0.29) is 12.1 Å². The van der Waals surface area contributed by atoms with Crippen LogP contribution in [0.1, 0.15) is 34.7 Å². The number of nitrogens with zero attached hydrogens (tertiary/aromatic N) is 3. The lowest BCUT2D eigenvalue weighted by molar-refractivity contribution is 0.565. The Morgan fingerprint density at radius 3 is 2.36 bits per heavy atom. The highest BCUT2D eigenvalue weighted by atomic mass is 35.5. The number of thiocarbonyl (C=S) groups is 1. The average Bonchev–Trinajstić information content (AvgIpc) is 3.30. The van der Waals surface area contributed by atoms with Crippen molar-refractivity contribution >= 4 is 46.2 Å². The number of halogens is 2. The minimum atomic E-state index is -0.109. The SMILES string of the molecule is Cc1cc([C@H]2[C@H](c3ccccn3)NC(=S)N2c2ccc(Cl)cc2)c(C)n1-c1cccc(Cl)c1.